The third kappa shape index (κ3) is 5.17. The number of primary sulfonamides is 1. The Bertz CT molecular complexity index is 1250. The largest absolute Gasteiger partial charge is 0.368 e. The van der Waals surface area contributed by atoms with Crippen molar-refractivity contribution < 1.29 is 17.6 Å². The number of halogens is 1. The van der Waals surface area contributed by atoms with Gasteiger partial charge in [0.2, 0.25) is 15.9 Å². The SMILES string of the molecule is CCCn1c(CCC(=O)N2CCN(c3ccc(F)cc3)CC2)nc2cc(S(N)(=O)=O)ccc21. The zero-order chi connectivity index (χ0) is 23.6. The lowest BCUT2D eigenvalue weighted by Gasteiger charge is -2.36. The first kappa shape index (κ1) is 23.2. The van der Waals surface area contributed by atoms with Crippen LogP contribution in [-0.4, -0.2) is 55.0 Å². The molecular formula is C23H28FN5O3S. The maximum atomic E-state index is 13.2. The molecule has 1 saturated heterocycles. The summed E-state index contributed by atoms with van der Waals surface area (Å²) in [6.45, 7) is 5.40. The fourth-order valence-corrected chi connectivity index (χ4v) is 4.78. The van der Waals surface area contributed by atoms with Crippen LogP contribution in [0.5, 0.6) is 0 Å². The van der Waals surface area contributed by atoms with Gasteiger partial charge in [-0.3, -0.25) is 4.79 Å². The molecule has 0 aliphatic carbocycles. The Hall–Kier alpha value is -2.98. The lowest BCUT2D eigenvalue weighted by molar-refractivity contribution is -0.131. The molecule has 8 nitrogen and oxygen atoms in total. The van der Waals surface area contributed by atoms with Crippen LogP contribution in [0.1, 0.15) is 25.6 Å². The van der Waals surface area contributed by atoms with Crippen molar-refractivity contribution in [2.45, 2.75) is 37.6 Å². The lowest BCUT2D eigenvalue weighted by Crippen LogP contribution is -2.48. The molecule has 33 heavy (non-hydrogen) atoms. The van der Waals surface area contributed by atoms with Gasteiger partial charge in [0.05, 0.1) is 15.9 Å². The van der Waals surface area contributed by atoms with Crippen molar-refractivity contribution in [2.24, 2.45) is 5.14 Å². The second-order valence-corrected chi connectivity index (χ2v) is 9.78. The molecule has 3 aromatic rings. The van der Waals surface area contributed by atoms with Crippen LogP contribution in [0.25, 0.3) is 11.0 Å². The number of hydrogen-bond donors (Lipinski definition) is 1. The van der Waals surface area contributed by atoms with E-state index in [-0.39, 0.29) is 16.6 Å². The molecule has 1 aliphatic rings. The molecule has 0 atom stereocenters. The van der Waals surface area contributed by atoms with Crippen LogP contribution >= 0.6 is 0 Å². The molecule has 2 aromatic carbocycles. The number of hydrogen-bond acceptors (Lipinski definition) is 5. The summed E-state index contributed by atoms with van der Waals surface area (Å²) in [7, 11) is -3.81. The van der Waals surface area contributed by atoms with Crippen molar-refractivity contribution in [2.75, 3.05) is 31.1 Å². The number of aryl methyl sites for hydroxylation is 2. The molecule has 2 N–H and O–H groups in total. The Morgan fingerprint density at radius 1 is 1.09 bits per heavy atom. The van der Waals surface area contributed by atoms with Crippen LogP contribution in [0.2, 0.25) is 0 Å². The van der Waals surface area contributed by atoms with E-state index >= 15 is 0 Å². The highest BCUT2D eigenvalue weighted by Gasteiger charge is 2.22. The van der Waals surface area contributed by atoms with Gasteiger partial charge >= 0.3 is 0 Å². The molecule has 4 rings (SSSR count). The van der Waals surface area contributed by atoms with Gasteiger partial charge in [0, 0.05) is 51.3 Å². The normalized spacial score (nSPS) is 14.8. The molecule has 0 spiro atoms. The number of anilines is 1. The summed E-state index contributed by atoms with van der Waals surface area (Å²) in [5.41, 5.74) is 2.35. The van der Waals surface area contributed by atoms with Crippen LogP contribution in [0.4, 0.5) is 10.1 Å². The van der Waals surface area contributed by atoms with E-state index in [4.69, 9.17) is 5.14 Å². The molecule has 10 heteroatoms. The van der Waals surface area contributed by atoms with Gasteiger partial charge in [-0.15, -0.1) is 0 Å². The molecule has 1 amide bonds. The highest BCUT2D eigenvalue weighted by molar-refractivity contribution is 7.89. The Kier molecular flexibility index (Phi) is 6.66. The van der Waals surface area contributed by atoms with Gasteiger partial charge in [0.15, 0.2) is 0 Å². The predicted molar refractivity (Wildman–Crippen MR) is 125 cm³/mol. The van der Waals surface area contributed by atoms with Crippen molar-refractivity contribution in [1.29, 1.82) is 0 Å². The van der Waals surface area contributed by atoms with E-state index < -0.39 is 10.0 Å². The van der Waals surface area contributed by atoms with Crippen LogP contribution in [0, 0.1) is 5.82 Å². The minimum atomic E-state index is -3.81. The van der Waals surface area contributed by atoms with Gasteiger partial charge in [0.25, 0.3) is 0 Å². The standard InChI is InChI=1S/C23H28FN5O3S/c1-2-11-29-21-8-7-19(33(25,31)32)16-20(21)26-22(29)9-10-23(30)28-14-12-27(13-15-28)18-5-3-17(24)4-6-18/h3-8,16H,2,9-15H2,1H3,(H2,25,31,32). The number of nitrogens with zero attached hydrogens (tertiary/aromatic N) is 4. The van der Waals surface area contributed by atoms with Gasteiger partial charge in [-0.1, -0.05) is 6.92 Å². The first-order valence-corrected chi connectivity index (χ1v) is 12.6. The summed E-state index contributed by atoms with van der Waals surface area (Å²) in [6.07, 6.45) is 1.68. The molecular weight excluding hydrogens is 445 g/mol. The topological polar surface area (TPSA) is 102 Å². The van der Waals surface area contributed by atoms with E-state index in [0.717, 1.165) is 30.0 Å². The average molecular weight is 474 g/mol. The van der Waals surface area contributed by atoms with E-state index in [1.54, 1.807) is 18.2 Å². The summed E-state index contributed by atoms with van der Waals surface area (Å²) in [6, 6.07) is 11.1. The number of carbonyl (C=O) groups is 1. The molecule has 2 heterocycles. The van der Waals surface area contributed by atoms with Gasteiger partial charge in [-0.05, 0) is 48.9 Å². The number of sulfonamides is 1. The summed E-state index contributed by atoms with van der Waals surface area (Å²) in [5, 5.41) is 5.25. The Balaban J connectivity index is 1.42. The smallest absolute Gasteiger partial charge is 0.238 e. The number of carbonyl (C=O) groups excluding carboxylic acids is 1. The van der Waals surface area contributed by atoms with Crippen molar-refractivity contribution in [3.8, 4) is 0 Å². The third-order valence-corrected chi connectivity index (χ3v) is 6.87. The highest BCUT2D eigenvalue weighted by atomic mass is 32.2. The summed E-state index contributed by atoms with van der Waals surface area (Å²) < 4.78 is 38.6. The quantitative estimate of drug-likeness (QED) is 0.568. The first-order chi connectivity index (χ1) is 15.8. The number of amides is 1. The van der Waals surface area contributed by atoms with E-state index in [9.17, 15) is 17.6 Å². The van der Waals surface area contributed by atoms with E-state index in [1.807, 2.05) is 9.47 Å². The number of aromatic nitrogens is 2. The molecule has 1 fully saturated rings. The predicted octanol–water partition coefficient (Wildman–Crippen LogP) is 2.51. The lowest BCUT2D eigenvalue weighted by atomic mass is 10.2. The minimum absolute atomic E-state index is 0.0257. The molecule has 0 saturated carbocycles. The molecule has 0 bridgehead atoms. The monoisotopic (exact) mass is 473 g/mol. The fraction of sp³-hybridized carbons (Fsp3) is 0.391. The van der Waals surface area contributed by atoms with E-state index in [0.29, 0.717) is 44.5 Å². The molecule has 1 aliphatic heterocycles. The first-order valence-electron chi connectivity index (χ1n) is 11.1. The zero-order valence-corrected chi connectivity index (χ0v) is 19.4. The molecule has 0 unspecified atom stereocenters. The number of piperazine rings is 1. The molecule has 176 valence electrons. The maximum absolute atomic E-state index is 13.2. The highest BCUT2D eigenvalue weighted by Crippen LogP contribution is 2.22. The van der Waals surface area contributed by atoms with E-state index in [2.05, 4.69) is 16.8 Å². The maximum Gasteiger partial charge on any atom is 0.238 e. The zero-order valence-electron chi connectivity index (χ0n) is 18.6. The Labute approximate surface area is 192 Å². The Morgan fingerprint density at radius 3 is 2.42 bits per heavy atom. The number of rotatable bonds is 7. The number of nitrogens with two attached hydrogens (primary N) is 1. The van der Waals surface area contributed by atoms with E-state index in [1.165, 1.54) is 24.3 Å². The molecule has 1 aromatic heterocycles. The Morgan fingerprint density at radius 2 is 1.79 bits per heavy atom. The van der Waals surface area contributed by atoms with Crippen LogP contribution < -0.4 is 10.0 Å². The minimum Gasteiger partial charge on any atom is -0.368 e. The van der Waals surface area contributed by atoms with Crippen LogP contribution in [-0.2, 0) is 27.8 Å². The number of imidazole rings is 1. The van der Waals surface area contributed by atoms with Crippen molar-refractivity contribution in [1.82, 2.24) is 14.5 Å². The fourth-order valence-electron chi connectivity index (χ4n) is 4.24. The van der Waals surface area contributed by atoms with Gasteiger partial charge in [0.1, 0.15) is 11.6 Å². The summed E-state index contributed by atoms with van der Waals surface area (Å²) in [5.74, 6) is 0.563. The summed E-state index contributed by atoms with van der Waals surface area (Å²) in [4.78, 5) is 21.5. The second-order valence-electron chi connectivity index (χ2n) is 8.22. The van der Waals surface area contributed by atoms with Gasteiger partial charge in [-0.25, -0.2) is 22.9 Å². The van der Waals surface area contributed by atoms with Crippen molar-refractivity contribution >= 4 is 32.7 Å². The van der Waals surface area contributed by atoms with Crippen molar-refractivity contribution in [3.63, 3.8) is 0 Å². The summed E-state index contributed by atoms with van der Waals surface area (Å²) >= 11 is 0. The van der Waals surface area contributed by atoms with Crippen LogP contribution in [0.3, 0.4) is 0 Å². The number of benzene rings is 2. The van der Waals surface area contributed by atoms with Gasteiger partial charge < -0.3 is 14.4 Å². The second kappa shape index (κ2) is 9.48. The van der Waals surface area contributed by atoms with Gasteiger partial charge in [-0.2, -0.15) is 0 Å². The van der Waals surface area contributed by atoms with Crippen molar-refractivity contribution in [3.05, 3.63) is 54.1 Å². The van der Waals surface area contributed by atoms with Crippen LogP contribution in [0.15, 0.2) is 47.4 Å². The number of fused-ring (bicyclic) bond motifs is 1. The average Bonchev–Trinajstić information content (AvgIpc) is 3.14. The molecule has 0 radical (unpaired) electrons. The third-order valence-electron chi connectivity index (χ3n) is 5.96.